The van der Waals surface area contributed by atoms with E-state index in [1.165, 1.54) is 18.5 Å². The third-order valence-corrected chi connectivity index (χ3v) is 8.03. The van der Waals surface area contributed by atoms with Crippen molar-refractivity contribution < 1.29 is 29.8 Å². The number of halogens is 2. The fourth-order valence-electron chi connectivity index (χ4n) is 3.42. The summed E-state index contributed by atoms with van der Waals surface area (Å²) >= 11 is 0. The molecule has 2 aromatic carbocycles. The molecule has 0 fully saturated rings. The Bertz CT molecular complexity index is 1630. The molecule has 1 N–H and O–H groups in total. The summed E-state index contributed by atoms with van der Waals surface area (Å²) in [5.41, 5.74) is 0.533. The van der Waals surface area contributed by atoms with Gasteiger partial charge in [-0.1, -0.05) is 13.8 Å². The van der Waals surface area contributed by atoms with Crippen LogP contribution in [0.2, 0.25) is 0 Å². The van der Waals surface area contributed by atoms with Crippen molar-refractivity contribution in [3.05, 3.63) is 96.5 Å². The SMILES string of the molecule is CC(C)[C@@H](NS(=O)(=O)c1ccc(F)cc1)c1cc(OS(=O)(=O)c2ccc(F)cc2)nc(-c2cccnc2)n1. The largest absolute Gasteiger partial charge is 0.358 e. The first-order chi connectivity index (χ1) is 17.9. The van der Waals surface area contributed by atoms with Crippen LogP contribution in [-0.2, 0) is 20.1 Å². The zero-order valence-electron chi connectivity index (χ0n) is 20.1. The van der Waals surface area contributed by atoms with Gasteiger partial charge in [0.1, 0.15) is 16.5 Å². The molecule has 198 valence electrons. The fourth-order valence-corrected chi connectivity index (χ4v) is 5.65. The highest BCUT2D eigenvalue weighted by molar-refractivity contribution is 7.89. The monoisotopic (exact) mass is 560 g/mol. The van der Waals surface area contributed by atoms with Crippen molar-refractivity contribution in [1.29, 1.82) is 0 Å². The normalized spacial score (nSPS) is 12.9. The zero-order chi connectivity index (χ0) is 27.5. The second kappa shape index (κ2) is 10.9. The molecule has 4 rings (SSSR count). The van der Waals surface area contributed by atoms with E-state index in [0.29, 0.717) is 5.56 Å². The summed E-state index contributed by atoms with van der Waals surface area (Å²) in [6.07, 6.45) is 2.97. The van der Waals surface area contributed by atoms with Crippen molar-refractivity contribution >= 4 is 20.1 Å². The van der Waals surface area contributed by atoms with Gasteiger partial charge in [0.2, 0.25) is 15.9 Å². The van der Waals surface area contributed by atoms with E-state index in [1.54, 1.807) is 26.0 Å². The lowest BCUT2D eigenvalue weighted by Gasteiger charge is -2.23. The molecule has 0 amide bonds. The Labute approximate surface area is 218 Å². The molecule has 0 saturated carbocycles. The van der Waals surface area contributed by atoms with E-state index < -0.39 is 37.8 Å². The number of hydrogen-bond acceptors (Lipinski definition) is 8. The third kappa shape index (κ3) is 6.36. The van der Waals surface area contributed by atoms with Crippen molar-refractivity contribution in [1.82, 2.24) is 19.7 Å². The summed E-state index contributed by atoms with van der Waals surface area (Å²) in [6, 6.07) is 11.8. The van der Waals surface area contributed by atoms with E-state index in [0.717, 1.165) is 48.5 Å². The second-order valence-electron chi connectivity index (χ2n) is 8.48. The first-order valence-electron chi connectivity index (χ1n) is 11.2. The topological polar surface area (TPSA) is 128 Å². The van der Waals surface area contributed by atoms with Gasteiger partial charge in [-0.25, -0.2) is 26.9 Å². The molecule has 13 heteroatoms. The van der Waals surface area contributed by atoms with Gasteiger partial charge in [0, 0.05) is 24.0 Å². The molecule has 1 atom stereocenters. The van der Waals surface area contributed by atoms with Crippen LogP contribution in [0.25, 0.3) is 11.4 Å². The van der Waals surface area contributed by atoms with Crippen molar-refractivity contribution in [2.75, 3.05) is 0 Å². The standard InChI is InChI=1S/C25H22F2N4O5S2/c1-16(2)24(31-37(32,33)20-9-5-18(26)6-10-20)22-14-23(30-25(29-22)17-4-3-13-28-15-17)36-38(34,35)21-11-7-19(27)8-12-21/h3-16,24,31H,1-2H3/t24-/m1/s1. The number of nitrogens with zero attached hydrogens (tertiary/aromatic N) is 3. The number of hydrogen-bond donors (Lipinski definition) is 1. The van der Waals surface area contributed by atoms with E-state index in [1.807, 2.05) is 0 Å². The highest BCUT2D eigenvalue weighted by Gasteiger charge is 2.28. The first-order valence-corrected chi connectivity index (χ1v) is 14.1. The molecule has 4 aromatic rings. The third-order valence-electron chi connectivity index (χ3n) is 5.33. The average molecular weight is 561 g/mol. The molecule has 0 aliphatic heterocycles. The molecule has 0 spiro atoms. The molecular weight excluding hydrogens is 538 g/mol. The van der Waals surface area contributed by atoms with Crippen molar-refractivity contribution in [3.8, 4) is 17.3 Å². The summed E-state index contributed by atoms with van der Waals surface area (Å²) in [5.74, 6) is -1.94. The summed E-state index contributed by atoms with van der Waals surface area (Å²) in [6.45, 7) is 3.47. The first kappa shape index (κ1) is 27.2. The molecule has 0 unspecified atom stereocenters. The van der Waals surface area contributed by atoms with Crippen LogP contribution in [0.1, 0.15) is 25.6 Å². The fraction of sp³-hybridized carbons (Fsp3) is 0.160. The van der Waals surface area contributed by atoms with Crippen molar-refractivity contribution in [2.45, 2.75) is 29.7 Å². The van der Waals surface area contributed by atoms with Gasteiger partial charge in [-0.2, -0.15) is 13.4 Å². The van der Waals surface area contributed by atoms with Gasteiger partial charge in [-0.05, 0) is 66.6 Å². The minimum absolute atomic E-state index is 0.0338. The van der Waals surface area contributed by atoms with Crippen LogP contribution in [0.5, 0.6) is 5.88 Å². The van der Waals surface area contributed by atoms with Gasteiger partial charge in [0.15, 0.2) is 5.82 Å². The Morgan fingerprint density at radius 1 is 0.842 bits per heavy atom. The molecular formula is C25H22F2N4O5S2. The minimum Gasteiger partial charge on any atom is -0.358 e. The van der Waals surface area contributed by atoms with E-state index >= 15 is 0 Å². The Morgan fingerprint density at radius 2 is 1.45 bits per heavy atom. The van der Waals surface area contributed by atoms with E-state index in [4.69, 9.17) is 4.18 Å². The highest BCUT2D eigenvalue weighted by Crippen LogP contribution is 2.29. The molecule has 0 bridgehead atoms. The van der Waals surface area contributed by atoms with E-state index in [2.05, 4.69) is 19.7 Å². The maximum absolute atomic E-state index is 13.3. The summed E-state index contributed by atoms with van der Waals surface area (Å²) in [4.78, 5) is 12.2. The van der Waals surface area contributed by atoms with Crippen LogP contribution in [-0.4, -0.2) is 31.8 Å². The predicted octanol–water partition coefficient (Wildman–Crippen LogP) is 4.26. The summed E-state index contributed by atoms with van der Waals surface area (Å²) in [5, 5.41) is 0. The number of sulfonamides is 1. The number of pyridine rings is 1. The Morgan fingerprint density at radius 3 is 2.00 bits per heavy atom. The maximum Gasteiger partial charge on any atom is 0.340 e. The van der Waals surface area contributed by atoms with Crippen LogP contribution >= 0.6 is 0 Å². The van der Waals surface area contributed by atoms with Gasteiger partial charge in [0.05, 0.1) is 16.6 Å². The molecule has 0 aliphatic carbocycles. The molecule has 9 nitrogen and oxygen atoms in total. The maximum atomic E-state index is 13.3. The lowest BCUT2D eigenvalue weighted by Crippen LogP contribution is -2.32. The number of aromatic nitrogens is 3. The molecule has 2 heterocycles. The number of nitrogens with one attached hydrogen (secondary N) is 1. The molecule has 0 saturated heterocycles. The van der Waals surface area contributed by atoms with Gasteiger partial charge < -0.3 is 4.18 Å². The van der Waals surface area contributed by atoms with Gasteiger partial charge in [0.25, 0.3) is 0 Å². The van der Waals surface area contributed by atoms with Crippen molar-refractivity contribution in [3.63, 3.8) is 0 Å². The Balaban J connectivity index is 1.78. The summed E-state index contributed by atoms with van der Waals surface area (Å²) in [7, 11) is -8.55. The predicted molar refractivity (Wildman–Crippen MR) is 134 cm³/mol. The average Bonchev–Trinajstić information content (AvgIpc) is 2.88. The van der Waals surface area contributed by atoms with E-state index in [9.17, 15) is 25.6 Å². The molecule has 0 radical (unpaired) electrons. The van der Waals surface area contributed by atoms with Crippen molar-refractivity contribution in [2.24, 2.45) is 5.92 Å². The molecule has 0 aliphatic rings. The van der Waals surface area contributed by atoms with Crippen LogP contribution < -0.4 is 8.91 Å². The van der Waals surface area contributed by atoms with E-state index in [-0.39, 0.29) is 33.1 Å². The second-order valence-corrected chi connectivity index (χ2v) is 11.7. The van der Waals surface area contributed by atoms with Gasteiger partial charge in [-0.15, -0.1) is 0 Å². The Hall–Kier alpha value is -3.81. The van der Waals surface area contributed by atoms with Gasteiger partial charge in [-0.3, -0.25) is 4.98 Å². The number of benzene rings is 2. The minimum atomic E-state index is -4.42. The Kier molecular flexibility index (Phi) is 7.81. The summed E-state index contributed by atoms with van der Waals surface area (Å²) < 4.78 is 86.3. The lowest BCUT2D eigenvalue weighted by atomic mass is 10.0. The zero-order valence-corrected chi connectivity index (χ0v) is 21.7. The quantitative estimate of drug-likeness (QED) is 0.301. The smallest absolute Gasteiger partial charge is 0.340 e. The van der Waals surface area contributed by atoms with Crippen LogP contribution in [0.3, 0.4) is 0 Å². The van der Waals surface area contributed by atoms with Crippen LogP contribution in [0.4, 0.5) is 8.78 Å². The van der Waals surface area contributed by atoms with Gasteiger partial charge >= 0.3 is 10.1 Å². The van der Waals surface area contributed by atoms with Crippen LogP contribution in [0, 0.1) is 17.6 Å². The lowest BCUT2D eigenvalue weighted by molar-refractivity contribution is 0.446. The highest BCUT2D eigenvalue weighted by atomic mass is 32.2. The van der Waals surface area contributed by atoms with Crippen LogP contribution in [0.15, 0.2) is 88.9 Å². The molecule has 38 heavy (non-hydrogen) atoms. The molecule has 2 aromatic heterocycles. The number of rotatable bonds is 9.